The summed E-state index contributed by atoms with van der Waals surface area (Å²) in [6, 6.07) is 22.2. The van der Waals surface area contributed by atoms with E-state index in [-0.39, 0.29) is 18.1 Å². The van der Waals surface area contributed by atoms with Crippen molar-refractivity contribution in [2.45, 2.75) is 19.8 Å². The van der Waals surface area contributed by atoms with E-state index < -0.39 is 10.0 Å². The predicted molar refractivity (Wildman–Crippen MR) is 134 cm³/mol. The second kappa shape index (κ2) is 10.4. The average Bonchev–Trinajstić information content (AvgIpc) is 2.82. The number of amides is 1. The van der Waals surface area contributed by atoms with E-state index in [1.807, 2.05) is 48.5 Å². The molecule has 1 amide bonds. The molecule has 0 radical (unpaired) electrons. The zero-order valence-corrected chi connectivity index (χ0v) is 19.9. The summed E-state index contributed by atoms with van der Waals surface area (Å²) >= 11 is 0. The van der Waals surface area contributed by atoms with Crippen LogP contribution in [0.15, 0.2) is 66.7 Å². The number of aryl methyl sites for hydroxylation is 1. The van der Waals surface area contributed by atoms with Crippen LogP contribution in [-0.4, -0.2) is 57.1 Å². The van der Waals surface area contributed by atoms with Crippen molar-refractivity contribution in [3.8, 4) is 0 Å². The number of hydrogen-bond acceptors (Lipinski definition) is 4. The van der Waals surface area contributed by atoms with E-state index in [0.717, 1.165) is 22.0 Å². The molecule has 1 N–H and O–H groups in total. The van der Waals surface area contributed by atoms with Crippen molar-refractivity contribution < 1.29 is 13.2 Å². The van der Waals surface area contributed by atoms with Crippen LogP contribution in [0.1, 0.15) is 17.5 Å². The van der Waals surface area contributed by atoms with Crippen molar-refractivity contribution in [2.24, 2.45) is 0 Å². The Balaban J connectivity index is 1.22. The van der Waals surface area contributed by atoms with Gasteiger partial charge < -0.3 is 10.2 Å². The summed E-state index contributed by atoms with van der Waals surface area (Å²) in [5, 5.41) is 5.05. The van der Waals surface area contributed by atoms with Gasteiger partial charge in [-0.3, -0.25) is 4.79 Å². The maximum absolute atomic E-state index is 12.8. The van der Waals surface area contributed by atoms with Crippen LogP contribution in [0.4, 0.5) is 5.69 Å². The van der Waals surface area contributed by atoms with Gasteiger partial charge in [0.05, 0.1) is 12.2 Å². The topological polar surface area (TPSA) is 69.7 Å². The third-order valence-corrected chi connectivity index (χ3v) is 8.09. The molecule has 0 saturated carbocycles. The lowest BCUT2D eigenvalue weighted by Crippen LogP contribution is -2.49. The zero-order chi connectivity index (χ0) is 23.3. The van der Waals surface area contributed by atoms with Crippen LogP contribution < -0.4 is 10.2 Å². The summed E-state index contributed by atoms with van der Waals surface area (Å²) in [4.78, 5) is 14.6. The van der Waals surface area contributed by atoms with Gasteiger partial charge in [-0.15, -0.1) is 0 Å². The molecule has 174 valence electrons. The number of nitrogens with one attached hydrogen (secondary N) is 1. The summed E-state index contributed by atoms with van der Waals surface area (Å²) in [6.45, 7) is 4.76. The lowest BCUT2D eigenvalue weighted by Gasteiger charge is -2.35. The molecule has 0 atom stereocenters. The van der Waals surface area contributed by atoms with Gasteiger partial charge in [-0.25, -0.2) is 8.42 Å². The zero-order valence-electron chi connectivity index (χ0n) is 19.0. The molecule has 1 saturated heterocycles. The summed E-state index contributed by atoms with van der Waals surface area (Å²) in [6.07, 6.45) is 0.691. The van der Waals surface area contributed by atoms with Crippen LogP contribution in [0, 0.1) is 6.92 Å². The Kier molecular flexibility index (Phi) is 7.30. The first-order valence-electron chi connectivity index (χ1n) is 11.5. The molecule has 33 heavy (non-hydrogen) atoms. The van der Waals surface area contributed by atoms with Crippen LogP contribution in [0.2, 0.25) is 0 Å². The van der Waals surface area contributed by atoms with Crippen molar-refractivity contribution in [3.05, 3.63) is 77.9 Å². The third kappa shape index (κ3) is 5.92. The lowest BCUT2D eigenvalue weighted by atomic mass is 10.0. The maximum Gasteiger partial charge on any atom is 0.224 e. The average molecular weight is 466 g/mol. The summed E-state index contributed by atoms with van der Waals surface area (Å²) in [7, 11) is -3.33. The maximum atomic E-state index is 12.8. The van der Waals surface area contributed by atoms with Crippen LogP contribution in [0.25, 0.3) is 10.8 Å². The number of piperazine rings is 1. The number of sulfonamides is 1. The minimum absolute atomic E-state index is 0.0476. The predicted octanol–water partition coefficient (Wildman–Crippen LogP) is 3.35. The number of rotatable bonds is 8. The number of anilines is 1. The fourth-order valence-corrected chi connectivity index (χ4v) is 5.83. The molecule has 0 aliphatic carbocycles. The molecule has 1 heterocycles. The van der Waals surface area contributed by atoms with E-state index in [9.17, 15) is 13.2 Å². The number of hydrogen-bond donors (Lipinski definition) is 1. The molecule has 0 aromatic heterocycles. The van der Waals surface area contributed by atoms with Gasteiger partial charge >= 0.3 is 0 Å². The highest BCUT2D eigenvalue weighted by Gasteiger charge is 2.26. The number of benzene rings is 3. The molecule has 1 aliphatic rings. The minimum atomic E-state index is -3.33. The van der Waals surface area contributed by atoms with E-state index in [1.165, 1.54) is 5.56 Å². The Hall–Kier alpha value is -2.90. The first-order chi connectivity index (χ1) is 15.9. The molecule has 6 nitrogen and oxygen atoms in total. The Labute approximate surface area is 196 Å². The van der Waals surface area contributed by atoms with E-state index in [1.54, 1.807) is 4.31 Å². The van der Waals surface area contributed by atoms with Crippen molar-refractivity contribution in [1.82, 2.24) is 9.62 Å². The number of carbonyl (C=O) groups is 1. The van der Waals surface area contributed by atoms with Gasteiger partial charge in [-0.1, -0.05) is 54.6 Å². The Bertz CT molecular complexity index is 1210. The lowest BCUT2D eigenvalue weighted by molar-refractivity contribution is -0.120. The van der Waals surface area contributed by atoms with Gasteiger partial charge in [0.2, 0.25) is 15.9 Å². The minimum Gasteiger partial charge on any atom is -0.369 e. The fourth-order valence-electron chi connectivity index (χ4n) is 4.34. The summed E-state index contributed by atoms with van der Waals surface area (Å²) < 4.78 is 27.1. The molecular weight excluding hydrogens is 434 g/mol. The smallest absolute Gasteiger partial charge is 0.224 e. The standard InChI is InChI=1S/C26H31N3O3S/c1-21-7-4-11-24(19-21)28-14-16-29(17-15-28)33(31,32)18-6-13-27-26(30)20-23-10-5-9-22-8-2-3-12-25(22)23/h2-5,7-12,19H,6,13-18,20H2,1H3,(H,27,30). The largest absolute Gasteiger partial charge is 0.369 e. The monoisotopic (exact) mass is 465 g/mol. The molecule has 0 unspecified atom stereocenters. The van der Waals surface area contributed by atoms with E-state index >= 15 is 0 Å². The first kappa shape index (κ1) is 23.3. The van der Waals surface area contributed by atoms with Gasteiger partial charge in [0.1, 0.15) is 0 Å². The number of nitrogens with zero attached hydrogens (tertiary/aromatic N) is 2. The Morgan fingerprint density at radius 1 is 0.939 bits per heavy atom. The molecule has 0 spiro atoms. The number of carbonyl (C=O) groups excluding carboxylic acids is 1. The van der Waals surface area contributed by atoms with Gasteiger partial charge in [-0.2, -0.15) is 4.31 Å². The van der Waals surface area contributed by atoms with Crippen molar-refractivity contribution in [3.63, 3.8) is 0 Å². The quantitative estimate of drug-likeness (QED) is 0.518. The molecule has 3 aromatic carbocycles. The van der Waals surface area contributed by atoms with Crippen molar-refractivity contribution >= 4 is 32.4 Å². The van der Waals surface area contributed by atoms with Crippen molar-refractivity contribution in [1.29, 1.82) is 0 Å². The fraction of sp³-hybridized carbons (Fsp3) is 0.346. The van der Waals surface area contributed by atoms with Crippen molar-refractivity contribution in [2.75, 3.05) is 43.4 Å². The van der Waals surface area contributed by atoms with Gasteiger partial charge in [0.25, 0.3) is 0 Å². The molecule has 4 rings (SSSR count). The van der Waals surface area contributed by atoms with E-state index in [2.05, 4.69) is 35.3 Å². The highest BCUT2D eigenvalue weighted by atomic mass is 32.2. The van der Waals surface area contributed by atoms with Gasteiger partial charge in [0, 0.05) is 38.4 Å². The molecule has 3 aromatic rings. The highest BCUT2D eigenvalue weighted by molar-refractivity contribution is 7.89. The Morgan fingerprint density at radius 2 is 1.67 bits per heavy atom. The molecule has 0 bridgehead atoms. The summed E-state index contributed by atoms with van der Waals surface area (Å²) in [5.41, 5.74) is 3.32. The molecule has 7 heteroatoms. The van der Waals surface area contributed by atoms with Gasteiger partial charge in [0.15, 0.2) is 0 Å². The summed E-state index contributed by atoms with van der Waals surface area (Å²) in [5.74, 6) is -0.0399. The van der Waals surface area contributed by atoms with E-state index in [0.29, 0.717) is 39.1 Å². The highest BCUT2D eigenvalue weighted by Crippen LogP contribution is 2.20. The second-order valence-corrected chi connectivity index (χ2v) is 10.6. The molecule has 1 fully saturated rings. The Morgan fingerprint density at radius 3 is 2.45 bits per heavy atom. The van der Waals surface area contributed by atoms with Crippen LogP contribution >= 0.6 is 0 Å². The van der Waals surface area contributed by atoms with Crippen LogP contribution in [0.3, 0.4) is 0 Å². The molecular formula is C26H31N3O3S. The van der Waals surface area contributed by atoms with E-state index in [4.69, 9.17) is 0 Å². The molecule has 1 aliphatic heterocycles. The second-order valence-electron chi connectivity index (χ2n) is 8.56. The first-order valence-corrected chi connectivity index (χ1v) is 13.1. The van der Waals surface area contributed by atoms with Crippen LogP contribution in [0.5, 0.6) is 0 Å². The normalized spacial score (nSPS) is 15.0. The number of fused-ring (bicyclic) bond motifs is 1. The third-order valence-electron chi connectivity index (χ3n) is 6.13. The van der Waals surface area contributed by atoms with Gasteiger partial charge in [-0.05, 0) is 47.4 Å². The van der Waals surface area contributed by atoms with Crippen LogP contribution in [-0.2, 0) is 21.2 Å². The SMILES string of the molecule is Cc1cccc(N2CCN(S(=O)(=O)CCCNC(=O)Cc3cccc4ccccc34)CC2)c1.